The average molecular weight is 389 g/mol. The predicted octanol–water partition coefficient (Wildman–Crippen LogP) is -3.60. The maximum atomic E-state index is 12.2. The highest BCUT2D eigenvalue weighted by atomic mass is 16.4. The Bertz CT molecular complexity index is 567. The van der Waals surface area contributed by atoms with Gasteiger partial charge in [0, 0.05) is 0 Å². The van der Waals surface area contributed by atoms with Crippen LogP contribution in [0.4, 0.5) is 0 Å². The molecule has 3 unspecified atom stereocenters. The van der Waals surface area contributed by atoms with Crippen LogP contribution in [0.1, 0.15) is 26.7 Å². The molecule has 0 radical (unpaired) electrons. The van der Waals surface area contributed by atoms with Crippen LogP contribution < -0.4 is 27.4 Å². The lowest BCUT2D eigenvalue weighted by atomic mass is 10.0. The van der Waals surface area contributed by atoms with E-state index < -0.39 is 60.9 Å². The van der Waals surface area contributed by atoms with Crippen LogP contribution in [0.3, 0.4) is 0 Å². The van der Waals surface area contributed by atoms with Gasteiger partial charge in [-0.05, 0) is 12.3 Å². The SMILES string of the molecule is CC(C)CC(NC(=O)C(N)CC(N)=O)C(=O)NCC(=O)NC(CO)C(=O)O. The van der Waals surface area contributed by atoms with Crippen molar-refractivity contribution in [2.45, 2.75) is 44.8 Å². The summed E-state index contributed by atoms with van der Waals surface area (Å²) in [4.78, 5) is 57.5. The number of nitrogens with two attached hydrogens (primary N) is 2. The molecule has 12 heteroatoms. The van der Waals surface area contributed by atoms with Crippen LogP contribution in [-0.4, -0.2) is 71.1 Å². The van der Waals surface area contributed by atoms with Crippen LogP contribution in [0.15, 0.2) is 0 Å². The molecule has 0 aliphatic heterocycles. The molecular weight excluding hydrogens is 362 g/mol. The van der Waals surface area contributed by atoms with Crippen molar-refractivity contribution in [3.63, 3.8) is 0 Å². The minimum Gasteiger partial charge on any atom is -0.480 e. The molecule has 0 fully saturated rings. The zero-order chi connectivity index (χ0) is 21.1. The van der Waals surface area contributed by atoms with E-state index in [1.165, 1.54) is 0 Å². The van der Waals surface area contributed by atoms with Crippen molar-refractivity contribution >= 4 is 29.6 Å². The molecule has 154 valence electrons. The number of aliphatic hydroxyl groups is 1. The van der Waals surface area contributed by atoms with Gasteiger partial charge in [-0.25, -0.2) is 4.79 Å². The maximum Gasteiger partial charge on any atom is 0.328 e. The molecule has 0 aromatic heterocycles. The Balaban J connectivity index is 4.78. The lowest BCUT2D eigenvalue weighted by Crippen LogP contribution is -2.54. The van der Waals surface area contributed by atoms with E-state index in [1.807, 2.05) is 5.32 Å². The van der Waals surface area contributed by atoms with Gasteiger partial charge in [0.15, 0.2) is 0 Å². The van der Waals surface area contributed by atoms with Crippen LogP contribution in [-0.2, 0) is 24.0 Å². The summed E-state index contributed by atoms with van der Waals surface area (Å²) in [6, 6.07) is -3.72. The molecule has 0 rings (SSSR count). The average Bonchev–Trinajstić information content (AvgIpc) is 2.55. The van der Waals surface area contributed by atoms with Gasteiger partial charge in [0.2, 0.25) is 23.6 Å². The molecular formula is C15H27N5O7. The number of carboxylic acids is 1. The molecule has 3 atom stereocenters. The molecule has 0 aliphatic rings. The second-order valence-electron chi connectivity index (χ2n) is 6.33. The van der Waals surface area contributed by atoms with Crippen molar-refractivity contribution in [3.05, 3.63) is 0 Å². The molecule has 27 heavy (non-hydrogen) atoms. The summed E-state index contributed by atoms with van der Waals surface area (Å²) in [6.07, 6.45) is -0.154. The van der Waals surface area contributed by atoms with Crippen molar-refractivity contribution in [1.82, 2.24) is 16.0 Å². The van der Waals surface area contributed by atoms with Gasteiger partial charge in [-0.15, -0.1) is 0 Å². The molecule has 9 N–H and O–H groups in total. The molecule has 0 heterocycles. The number of nitrogens with one attached hydrogen (secondary N) is 3. The van der Waals surface area contributed by atoms with E-state index >= 15 is 0 Å². The number of rotatable bonds is 12. The standard InChI is InChI=1S/C15H27N5O7/c1-7(2)3-9(20-13(24)8(16)4-11(17)22)14(25)18-5-12(23)19-10(6-21)15(26)27/h7-10,21H,3-6,16H2,1-2H3,(H2,17,22)(H,18,25)(H,19,23)(H,20,24)(H,26,27). The third-order valence-electron chi connectivity index (χ3n) is 3.34. The first-order chi connectivity index (χ1) is 12.5. The van der Waals surface area contributed by atoms with Crippen LogP contribution in [0.2, 0.25) is 0 Å². The first kappa shape index (κ1) is 24.3. The van der Waals surface area contributed by atoms with E-state index in [1.54, 1.807) is 13.8 Å². The highest BCUT2D eigenvalue weighted by molar-refractivity contribution is 5.93. The fourth-order valence-corrected chi connectivity index (χ4v) is 2.01. The fraction of sp³-hybridized carbons (Fsp3) is 0.667. The smallest absolute Gasteiger partial charge is 0.328 e. The largest absolute Gasteiger partial charge is 0.480 e. The van der Waals surface area contributed by atoms with Gasteiger partial charge in [0.05, 0.1) is 25.6 Å². The number of aliphatic carboxylic acids is 1. The molecule has 0 bridgehead atoms. The number of carboxylic acid groups (broad SMARTS) is 1. The minimum absolute atomic E-state index is 0.00743. The van der Waals surface area contributed by atoms with E-state index in [0.29, 0.717) is 0 Å². The number of hydrogen-bond acceptors (Lipinski definition) is 7. The third kappa shape index (κ3) is 10.1. The first-order valence-corrected chi connectivity index (χ1v) is 8.22. The number of aliphatic hydroxyl groups excluding tert-OH is 1. The van der Waals surface area contributed by atoms with Gasteiger partial charge >= 0.3 is 5.97 Å². The summed E-state index contributed by atoms with van der Waals surface area (Å²) in [5.41, 5.74) is 10.5. The van der Waals surface area contributed by atoms with Gasteiger partial charge in [0.25, 0.3) is 0 Å². The molecule has 0 aromatic rings. The number of carbonyl (C=O) groups is 5. The van der Waals surface area contributed by atoms with Crippen molar-refractivity contribution < 1.29 is 34.2 Å². The van der Waals surface area contributed by atoms with Crippen LogP contribution in [0.5, 0.6) is 0 Å². The molecule has 0 aliphatic carbocycles. The lowest BCUT2D eigenvalue weighted by molar-refractivity contribution is -0.142. The summed E-state index contributed by atoms with van der Waals surface area (Å²) in [5, 5.41) is 24.3. The Morgan fingerprint density at radius 3 is 2.04 bits per heavy atom. The summed E-state index contributed by atoms with van der Waals surface area (Å²) >= 11 is 0. The molecule has 0 aromatic carbocycles. The Morgan fingerprint density at radius 1 is 1.00 bits per heavy atom. The lowest BCUT2D eigenvalue weighted by Gasteiger charge is -2.22. The van der Waals surface area contributed by atoms with Crippen LogP contribution in [0, 0.1) is 5.92 Å². The van der Waals surface area contributed by atoms with E-state index in [2.05, 4.69) is 10.6 Å². The predicted molar refractivity (Wildman–Crippen MR) is 92.8 cm³/mol. The van der Waals surface area contributed by atoms with Crippen LogP contribution >= 0.6 is 0 Å². The number of hydrogen-bond donors (Lipinski definition) is 7. The second kappa shape index (κ2) is 11.8. The van der Waals surface area contributed by atoms with Gasteiger partial charge < -0.3 is 37.6 Å². The molecule has 0 spiro atoms. The highest BCUT2D eigenvalue weighted by Crippen LogP contribution is 2.05. The van der Waals surface area contributed by atoms with Crippen LogP contribution in [0.25, 0.3) is 0 Å². The van der Waals surface area contributed by atoms with E-state index in [9.17, 15) is 24.0 Å². The van der Waals surface area contributed by atoms with E-state index in [-0.39, 0.29) is 18.8 Å². The topological polar surface area (TPSA) is 214 Å². The quantitative estimate of drug-likeness (QED) is 0.176. The third-order valence-corrected chi connectivity index (χ3v) is 3.34. The maximum absolute atomic E-state index is 12.2. The van der Waals surface area contributed by atoms with Crippen molar-refractivity contribution in [1.29, 1.82) is 0 Å². The van der Waals surface area contributed by atoms with E-state index in [0.717, 1.165) is 0 Å². The summed E-state index contributed by atoms with van der Waals surface area (Å²) in [5.74, 6) is -4.45. The van der Waals surface area contributed by atoms with E-state index in [4.69, 9.17) is 21.7 Å². The Morgan fingerprint density at radius 2 is 1.59 bits per heavy atom. The van der Waals surface area contributed by atoms with Gasteiger partial charge in [-0.3, -0.25) is 19.2 Å². The number of primary amides is 1. The van der Waals surface area contributed by atoms with Crippen molar-refractivity contribution in [3.8, 4) is 0 Å². The van der Waals surface area contributed by atoms with Gasteiger partial charge in [0.1, 0.15) is 12.1 Å². The Labute approximate surface area is 156 Å². The normalized spacial score (nSPS) is 14.0. The minimum atomic E-state index is -1.49. The fourth-order valence-electron chi connectivity index (χ4n) is 2.01. The monoisotopic (exact) mass is 389 g/mol. The summed E-state index contributed by atoms with van der Waals surface area (Å²) in [6.45, 7) is 2.25. The van der Waals surface area contributed by atoms with Gasteiger partial charge in [-0.2, -0.15) is 0 Å². The Hall–Kier alpha value is -2.73. The summed E-state index contributed by atoms with van der Waals surface area (Å²) in [7, 11) is 0. The van der Waals surface area contributed by atoms with Crippen molar-refractivity contribution in [2.75, 3.05) is 13.2 Å². The zero-order valence-electron chi connectivity index (χ0n) is 15.2. The highest BCUT2D eigenvalue weighted by Gasteiger charge is 2.26. The number of carbonyl (C=O) groups excluding carboxylic acids is 4. The summed E-state index contributed by atoms with van der Waals surface area (Å²) < 4.78 is 0. The number of amides is 4. The zero-order valence-corrected chi connectivity index (χ0v) is 15.2. The molecule has 0 saturated carbocycles. The first-order valence-electron chi connectivity index (χ1n) is 8.22. The second-order valence-corrected chi connectivity index (χ2v) is 6.33. The molecule has 12 nitrogen and oxygen atoms in total. The Kier molecular flexibility index (Phi) is 10.6. The molecule has 4 amide bonds. The van der Waals surface area contributed by atoms with Gasteiger partial charge in [-0.1, -0.05) is 13.8 Å². The van der Waals surface area contributed by atoms with Crippen molar-refractivity contribution in [2.24, 2.45) is 17.4 Å². The molecule has 0 saturated heterocycles.